The molecule has 24 heavy (non-hydrogen) atoms. The summed E-state index contributed by atoms with van der Waals surface area (Å²) in [6.07, 6.45) is 1.44. The smallest absolute Gasteiger partial charge is 0.265 e. The number of hydrogen-bond acceptors (Lipinski definition) is 3. The summed E-state index contributed by atoms with van der Waals surface area (Å²) >= 11 is 0. The van der Waals surface area contributed by atoms with Gasteiger partial charge in [-0.1, -0.05) is 24.3 Å². The van der Waals surface area contributed by atoms with Gasteiger partial charge < -0.3 is 0 Å². The molecule has 0 amide bonds. The molecule has 1 N–H and O–H groups in total. The van der Waals surface area contributed by atoms with Gasteiger partial charge in [0, 0.05) is 0 Å². The van der Waals surface area contributed by atoms with Crippen LogP contribution in [-0.4, -0.2) is 18.2 Å². The van der Waals surface area contributed by atoms with Crippen molar-refractivity contribution in [2.24, 2.45) is 0 Å². The number of aromatic nitrogens is 2. The molecule has 7 heteroatoms. The van der Waals surface area contributed by atoms with E-state index < -0.39 is 15.8 Å². The van der Waals surface area contributed by atoms with E-state index in [0.717, 1.165) is 11.8 Å². The topological polar surface area (TPSA) is 64.0 Å². The Hall–Kier alpha value is -2.67. The normalized spacial score (nSPS) is 11.5. The van der Waals surface area contributed by atoms with Crippen LogP contribution in [0.3, 0.4) is 0 Å². The van der Waals surface area contributed by atoms with Crippen LogP contribution in [0.4, 0.5) is 10.1 Å². The van der Waals surface area contributed by atoms with Gasteiger partial charge in [-0.05, 0) is 43.7 Å². The minimum Gasteiger partial charge on any atom is -0.279 e. The van der Waals surface area contributed by atoms with Crippen molar-refractivity contribution in [3.05, 3.63) is 71.8 Å². The monoisotopic (exact) mass is 345 g/mol. The first-order valence-electron chi connectivity index (χ1n) is 7.27. The number of hydrogen-bond donors (Lipinski definition) is 1. The first-order valence-corrected chi connectivity index (χ1v) is 8.76. The summed E-state index contributed by atoms with van der Waals surface area (Å²) in [7, 11) is -3.86. The molecule has 0 bridgehead atoms. The first kappa shape index (κ1) is 16.2. The van der Waals surface area contributed by atoms with Crippen molar-refractivity contribution < 1.29 is 12.8 Å². The maximum atomic E-state index is 13.6. The zero-order chi connectivity index (χ0) is 17.3. The first-order chi connectivity index (χ1) is 11.4. The molecule has 2 aromatic carbocycles. The highest BCUT2D eigenvalue weighted by Crippen LogP contribution is 2.21. The molecule has 0 saturated carbocycles. The van der Waals surface area contributed by atoms with Crippen LogP contribution in [0.15, 0.2) is 59.6 Å². The fourth-order valence-corrected chi connectivity index (χ4v) is 3.50. The Balaban J connectivity index is 1.95. The van der Waals surface area contributed by atoms with Crippen molar-refractivity contribution in [3.8, 4) is 5.69 Å². The van der Waals surface area contributed by atoms with E-state index in [4.69, 9.17) is 0 Å². The number of benzene rings is 2. The molecule has 5 nitrogen and oxygen atoms in total. The number of anilines is 1. The van der Waals surface area contributed by atoms with E-state index in [0.29, 0.717) is 11.3 Å². The van der Waals surface area contributed by atoms with Crippen molar-refractivity contribution in [2.75, 3.05) is 4.72 Å². The van der Waals surface area contributed by atoms with Gasteiger partial charge in [-0.25, -0.2) is 17.5 Å². The summed E-state index contributed by atoms with van der Waals surface area (Å²) in [5.74, 6) is -0.466. The molecule has 0 aliphatic rings. The number of nitrogens with zero attached hydrogens (tertiary/aromatic N) is 2. The predicted octanol–water partition coefficient (Wildman–Crippen LogP) is 3.43. The molecule has 1 heterocycles. The molecule has 1 aromatic heterocycles. The van der Waals surface area contributed by atoms with Crippen LogP contribution < -0.4 is 4.72 Å². The van der Waals surface area contributed by atoms with E-state index in [1.807, 2.05) is 30.3 Å². The quantitative estimate of drug-likeness (QED) is 0.788. The van der Waals surface area contributed by atoms with E-state index >= 15 is 0 Å². The van der Waals surface area contributed by atoms with Crippen molar-refractivity contribution in [2.45, 2.75) is 18.7 Å². The molecule has 0 atom stereocenters. The Morgan fingerprint density at radius 1 is 1.08 bits per heavy atom. The number of nitrogens with one attached hydrogen (secondary N) is 1. The number of para-hydroxylation sites is 1. The average molecular weight is 345 g/mol. The van der Waals surface area contributed by atoms with Gasteiger partial charge in [0.2, 0.25) is 0 Å². The van der Waals surface area contributed by atoms with Gasteiger partial charge >= 0.3 is 0 Å². The largest absolute Gasteiger partial charge is 0.279 e. The third-order valence-electron chi connectivity index (χ3n) is 3.59. The molecule has 0 aliphatic heterocycles. The van der Waals surface area contributed by atoms with Crippen molar-refractivity contribution >= 4 is 15.7 Å². The number of halogens is 1. The lowest BCUT2D eigenvalue weighted by atomic mass is 10.2. The zero-order valence-corrected chi connectivity index (χ0v) is 14.0. The van der Waals surface area contributed by atoms with E-state index in [-0.39, 0.29) is 10.6 Å². The number of sulfonamides is 1. The van der Waals surface area contributed by atoms with E-state index in [9.17, 15) is 12.8 Å². The highest BCUT2D eigenvalue weighted by atomic mass is 32.2. The minimum absolute atomic E-state index is 0.0485. The maximum absolute atomic E-state index is 13.6. The number of rotatable bonds is 4. The number of aryl methyl sites for hydroxylation is 2. The van der Waals surface area contributed by atoms with Gasteiger partial charge in [0.05, 0.1) is 23.3 Å². The summed E-state index contributed by atoms with van der Waals surface area (Å²) in [5.41, 5.74) is 1.73. The molecule has 3 rings (SSSR count). The second kappa shape index (κ2) is 6.09. The molecular weight excluding hydrogens is 329 g/mol. The summed E-state index contributed by atoms with van der Waals surface area (Å²) in [5, 5.41) is 4.24. The van der Waals surface area contributed by atoms with Crippen LogP contribution >= 0.6 is 0 Å². The fraction of sp³-hybridized carbons (Fsp3) is 0.118. The van der Waals surface area contributed by atoms with Crippen LogP contribution in [-0.2, 0) is 10.0 Å². The molecule has 0 spiro atoms. The average Bonchev–Trinajstić information content (AvgIpc) is 2.94. The van der Waals surface area contributed by atoms with Crippen LogP contribution in [0.25, 0.3) is 5.69 Å². The minimum atomic E-state index is -3.86. The summed E-state index contributed by atoms with van der Waals surface area (Å²) in [6, 6.07) is 13.4. The Labute approximate surface area is 139 Å². The van der Waals surface area contributed by atoms with Gasteiger partial charge in [0.1, 0.15) is 10.7 Å². The van der Waals surface area contributed by atoms with Crippen LogP contribution in [0.5, 0.6) is 0 Å². The van der Waals surface area contributed by atoms with Gasteiger partial charge in [0.15, 0.2) is 0 Å². The zero-order valence-electron chi connectivity index (χ0n) is 13.2. The summed E-state index contributed by atoms with van der Waals surface area (Å²) < 4.78 is 42.6. The lowest BCUT2D eigenvalue weighted by molar-refractivity contribution is 0.600. The van der Waals surface area contributed by atoms with Gasteiger partial charge in [-0.15, -0.1) is 0 Å². The molecule has 0 radical (unpaired) electrons. The molecule has 0 fully saturated rings. The summed E-state index contributed by atoms with van der Waals surface area (Å²) in [6.45, 7) is 3.23. The lowest BCUT2D eigenvalue weighted by Crippen LogP contribution is -2.13. The Bertz CT molecular complexity index is 982. The second-order valence-electron chi connectivity index (χ2n) is 5.43. The molecular formula is C17H16FN3O2S. The molecule has 0 unspecified atom stereocenters. The molecule has 0 aliphatic carbocycles. The van der Waals surface area contributed by atoms with E-state index in [1.165, 1.54) is 23.0 Å². The van der Waals surface area contributed by atoms with Crippen molar-refractivity contribution in [3.63, 3.8) is 0 Å². The van der Waals surface area contributed by atoms with Gasteiger partial charge in [-0.3, -0.25) is 4.72 Å². The molecule has 3 aromatic rings. The lowest BCUT2D eigenvalue weighted by Gasteiger charge is -2.07. The van der Waals surface area contributed by atoms with Crippen molar-refractivity contribution in [1.82, 2.24) is 9.78 Å². The highest BCUT2D eigenvalue weighted by Gasteiger charge is 2.21. The third kappa shape index (κ3) is 3.16. The predicted molar refractivity (Wildman–Crippen MR) is 90.2 cm³/mol. The standard InChI is InChI=1S/C17H16FN3O2S/c1-12-8-9-14(10-16(12)18)20-24(22,23)17-11-21(19-13(17)2)15-6-4-3-5-7-15/h3-11,20H,1-2H3. The van der Waals surface area contributed by atoms with Crippen molar-refractivity contribution in [1.29, 1.82) is 0 Å². The van der Waals surface area contributed by atoms with Gasteiger partial charge in [0.25, 0.3) is 10.0 Å². The van der Waals surface area contributed by atoms with Gasteiger partial charge in [-0.2, -0.15) is 5.10 Å². The van der Waals surface area contributed by atoms with Crippen LogP contribution in [0.2, 0.25) is 0 Å². The molecule has 124 valence electrons. The van der Waals surface area contributed by atoms with E-state index in [2.05, 4.69) is 9.82 Å². The van der Waals surface area contributed by atoms with Crippen LogP contribution in [0, 0.1) is 19.7 Å². The Morgan fingerprint density at radius 2 is 1.79 bits per heavy atom. The highest BCUT2D eigenvalue weighted by molar-refractivity contribution is 7.92. The fourth-order valence-electron chi connectivity index (χ4n) is 2.29. The van der Waals surface area contributed by atoms with E-state index in [1.54, 1.807) is 13.8 Å². The molecule has 0 saturated heterocycles. The van der Waals surface area contributed by atoms with Crippen LogP contribution in [0.1, 0.15) is 11.3 Å². The second-order valence-corrected chi connectivity index (χ2v) is 7.08. The SMILES string of the molecule is Cc1ccc(NS(=O)(=O)c2cn(-c3ccccc3)nc2C)cc1F. The summed E-state index contributed by atoms with van der Waals surface area (Å²) in [4.78, 5) is 0.0485. The Morgan fingerprint density at radius 3 is 2.46 bits per heavy atom. The third-order valence-corrected chi connectivity index (χ3v) is 5.07. The maximum Gasteiger partial charge on any atom is 0.265 e. The Kier molecular flexibility index (Phi) is 4.11.